The van der Waals surface area contributed by atoms with E-state index in [0.717, 1.165) is 34.6 Å². The smallest absolute Gasteiger partial charge is 0.253 e. The van der Waals surface area contributed by atoms with Crippen molar-refractivity contribution in [2.75, 3.05) is 32.5 Å². The number of pyridine rings is 1. The first kappa shape index (κ1) is 20.6. The molecular weight excluding hydrogens is 390 g/mol. The van der Waals surface area contributed by atoms with Gasteiger partial charge in [-0.15, -0.1) is 0 Å². The van der Waals surface area contributed by atoms with Gasteiger partial charge in [-0.05, 0) is 44.4 Å². The summed E-state index contributed by atoms with van der Waals surface area (Å²) in [5.41, 5.74) is 5.89. The van der Waals surface area contributed by atoms with Crippen molar-refractivity contribution >= 4 is 17.5 Å². The second-order valence-electron chi connectivity index (χ2n) is 7.75. The van der Waals surface area contributed by atoms with Gasteiger partial charge in [-0.3, -0.25) is 14.6 Å². The molecule has 3 aromatic rings. The van der Waals surface area contributed by atoms with Gasteiger partial charge >= 0.3 is 0 Å². The minimum absolute atomic E-state index is 0.0406. The Morgan fingerprint density at radius 1 is 1.19 bits per heavy atom. The lowest BCUT2D eigenvalue weighted by molar-refractivity contribution is -0.111. The zero-order valence-electron chi connectivity index (χ0n) is 17.6. The molecule has 0 spiro atoms. The van der Waals surface area contributed by atoms with Gasteiger partial charge in [0.2, 0.25) is 5.91 Å². The fourth-order valence-corrected chi connectivity index (χ4v) is 3.52. The van der Waals surface area contributed by atoms with Gasteiger partial charge in [-0.1, -0.05) is 18.2 Å². The lowest BCUT2D eigenvalue weighted by Gasteiger charge is -2.11. The van der Waals surface area contributed by atoms with Gasteiger partial charge in [0.05, 0.1) is 11.3 Å². The lowest BCUT2D eigenvalue weighted by Crippen LogP contribution is -2.31. The lowest BCUT2D eigenvalue weighted by atomic mass is 10.1. The zero-order valence-corrected chi connectivity index (χ0v) is 17.6. The molecule has 0 bridgehead atoms. The Balaban J connectivity index is 1.54. The maximum atomic E-state index is 12.1. The minimum Gasteiger partial charge on any atom is -0.358 e. The van der Waals surface area contributed by atoms with E-state index in [2.05, 4.69) is 20.6 Å². The van der Waals surface area contributed by atoms with Gasteiger partial charge in [-0.25, -0.2) is 0 Å². The van der Waals surface area contributed by atoms with Crippen LogP contribution in [0.15, 0.2) is 60.8 Å². The number of carbonyl (C=O) groups is 2. The number of rotatable bonds is 6. The largest absolute Gasteiger partial charge is 0.358 e. The SMILES string of the molecule is CN(C)CC=CC(=O)Nc1cccc(-c2cc(-c3cc4c([nH]3)CCNC4=O)ccn2)c1. The molecule has 0 saturated carbocycles. The van der Waals surface area contributed by atoms with Gasteiger partial charge in [0, 0.05) is 60.0 Å². The van der Waals surface area contributed by atoms with Crippen LogP contribution >= 0.6 is 0 Å². The number of fused-ring (bicyclic) bond motifs is 1. The molecule has 0 fully saturated rings. The standard InChI is InChI=1S/C24H25N5O2/c1-29(2)12-4-7-23(30)27-18-6-3-5-16(13-18)21-14-17(8-10-25-21)22-15-19-20(28-22)9-11-26-24(19)31/h3-8,10,13-15,28H,9,11-12H2,1-2H3,(H,26,31)(H,27,30). The van der Waals surface area contributed by atoms with Crippen molar-refractivity contribution in [3.8, 4) is 22.5 Å². The van der Waals surface area contributed by atoms with Crippen LogP contribution in [0, 0.1) is 0 Å². The summed E-state index contributed by atoms with van der Waals surface area (Å²) in [7, 11) is 3.90. The monoisotopic (exact) mass is 415 g/mol. The van der Waals surface area contributed by atoms with Crippen molar-refractivity contribution in [2.24, 2.45) is 0 Å². The summed E-state index contributed by atoms with van der Waals surface area (Å²) >= 11 is 0. The Bertz CT molecular complexity index is 1150. The fraction of sp³-hybridized carbons (Fsp3) is 0.208. The fourth-order valence-electron chi connectivity index (χ4n) is 3.52. The van der Waals surface area contributed by atoms with Crippen LogP contribution in [0.2, 0.25) is 0 Å². The Morgan fingerprint density at radius 3 is 2.87 bits per heavy atom. The molecule has 3 N–H and O–H groups in total. The number of nitrogens with one attached hydrogen (secondary N) is 3. The molecule has 0 aliphatic carbocycles. The van der Waals surface area contributed by atoms with Crippen LogP contribution < -0.4 is 10.6 Å². The van der Waals surface area contributed by atoms with Crippen molar-refractivity contribution in [3.63, 3.8) is 0 Å². The number of benzene rings is 1. The van der Waals surface area contributed by atoms with Crippen molar-refractivity contribution in [1.29, 1.82) is 0 Å². The molecule has 7 nitrogen and oxygen atoms in total. The van der Waals surface area contributed by atoms with Crippen molar-refractivity contribution in [2.45, 2.75) is 6.42 Å². The van der Waals surface area contributed by atoms with E-state index in [1.165, 1.54) is 6.08 Å². The van der Waals surface area contributed by atoms with E-state index in [1.807, 2.05) is 67.5 Å². The van der Waals surface area contributed by atoms with E-state index < -0.39 is 0 Å². The van der Waals surface area contributed by atoms with Gasteiger partial charge in [0.25, 0.3) is 5.91 Å². The summed E-state index contributed by atoms with van der Waals surface area (Å²) in [6.45, 7) is 1.35. The molecule has 0 atom stereocenters. The number of hydrogen-bond donors (Lipinski definition) is 3. The third-order valence-electron chi connectivity index (χ3n) is 5.04. The molecule has 0 radical (unpaired) electrons. The summed E-state index contributed by atoms with van der Waals surface area (Å²) in [6, 6.07) is 13.4. The van der Waals surface area contributed by atoms with Crippen LogP contribution in [0.3, 0.4) is 0 Å². The molecule has 3 heterocycles. The summed E-state index contributed by atoms with van der Waals surface area (Å²) < 4.78 is 0. The molecule has 2 amide bonds. The van der Waals surface area contributed by atoms with Crippen LogP contribution in [0.4, 0.5) is 5.69 Å². The Labute approximate surface area is 181 Å². The molecule has 2 aromatic heterocycles. The van der Waals surface area contributed by atoms with E-state index in [-0.39, 0.29) is 11.8 Å². The van der Waals surface area contributed by atoms with Crippen LogP contribution in [0.25, 0.3) is 22.5 Å². The second kappa shape index (κ2) is 8.97. The van der Waals surface area contributed by atoms with Crippen molar-refractivity contribution in [1.82, 2.24) is 20.2 Å². The van der Waals surface area contributed by atoms with E-state index in [4.69, 9.17) is 0 Å². The molecule has 0 unspecified atom stereocenters. The highest BCUT2D eigenvalue weighted by Crippen LogP contribution is 2.28. The highest BCUT2D eigenvalue weighted by atomic mass is 16.2. The number of aromatic nitrogens is 2. The Hall–Kier alpha value is -3.71. The Morgan fingerprint density at radius 2 is 2.06 bits per heavy atom. The maximum absolute atomic E-state index is 12.1. The van der Waals surface area contributed by atoms with Crippen molar-refractivity contribution < 1.29 is 9.59 Å². The highest BCUT2D eigenvalue weighted by Gasteiger charge is 2.20. The predicted octanol–water partition coefficient (Wildman–Crippen LogP) is 3.09. The number of nitrogens with zero attached hydrogens (tertiary/aromatic N) is 2. The van der Waals surface area contributed by atoms with Crippen LogP contribution in [0.5, 0.6) is 0 Å². The average molecular weight is 415 g/mol. The number of amides is 2. The first-order valence-electron chi connectivity index (χ1n) is 10.2. The van der Waals surface area contributed by atoms with Gasteiger partial charge in [0.15, 0.2) is 0 Å². The molecule has 7 heteroatoms. The van der Waals surface area contributed by atoms with Crippen LogP contribution in [-0.2, 0) is 11.2 Å². The van der Waals surface area contributed by atoms with Gasteiger partial charge < -0.3 is 20.5 Å². The first-order valence-corrected chi connectivity index (χ1v) is 10.2. The Kier molecular flexibility index (Phi) is 5.95. The van der Waals surface area contributed by atoms with E-state index in [0.29, 0.717) is 24.3 Å². The number of anilines is 1. The molecule has 1 aromatic carbocycles. The summed E-state index contributed by atoms with van der Waals surface area (Å²) in [5, 5.41) is 5.75. The normalized spacial score (nSPS) is 13.3. The summed E-state index contributed by atoms with van der Waals surface area (Å²) in [6.07, 6.45) is 5.90. The molecule has 158 valence electrons. The van der Waals surface area contributed by atoms with E-state index >= 15 is 0 Å². The summed E-state index contributed by atoms with van der Waals surface area (Å²) in [4.78, 5) is 34.0. The van der Waals surface area contributed by atoms with Gasteiger partial charge in [-0.2, -0.15) is 0 Å². The van der Waals surface area contributed by atoms with E-state index in [9.17, 15) is 9.59 Å². The molecule has 0 saturated heterocycles. The number of hydrogen-bond acceptors (Lipinski definition) is 4. The van der Waals surface area contributed by atoms with Crippen LogP contribution in [0.1, 0.15) is 16.1 Å². The van der Waals surface area contributed by atoms with Gasteiger partial charge in [0.1, 0.15) is 0 Å². The molecular formula is C24H25N5O2. The minimum atomic E-state index is -0.170. The zero-order chi connectivity index (χ0) is 21.8. The number of likely N-dealkylation sites (N-methyl/N-ethyl adjacent to an activating group) is 1. The second-order valence-corrected chi connectivity index (χ2v) is 7.75. The number of carbonyl (C=O) groups excluding carboxylic acids is 2. The summed E-state index contributed by atoms with van der Waals surface area (Å²) in [5.74, 6) is -0.211. The van der Waals surface area contributed by atoms with Crippen molar-refractivity contribution in [3.05, 3.63) is 72.1 Å². The quantitative estimate of drug-likeness (QED) is 0.540. The molecule has 1 aliphatic rings. The number of H-pyrrole nitrogens is 1. The predicted molar refractivity (Wildman–Crippen MR) is 122 cm³/mol. The molecule has 1 aliphatic heterocycles. The topological polar surface area (TPSA) is 90.1 Å². The van der Waals surface area contributed by atoms with Crippen LogP contribution in [-0.4, -0.2) is 53.9 Å². The molecule has 4 rings (SSSR count). The molecule has 31 heavy (non-hydrogen) atoms. The number of aromatic amines is 1. The highest BCUT2D eigenvalue weighted by molar-refractivity contribution is 5.99. The third kappa shape index (κ3) is 4.90. The first-order chi connectivity index (χ1) is 15.0. The maximum Gasteiger partial charge on any atom is 0.253 e. The van der Waals surface area contributed by atoms with E-state index in [1.54, 1.807) is 6.20 Å². The third-order valence-corrected chi connectivity index (χ3v) is 5.04. The average Bonchev–Trinajstić information content (AvgIpc) is 3.20.